The average Bonchev–Trinajstić information content (AvgIpc) is 3.08. The van der Waals surface area contributed by atoms with Crippen LogP contribution in [0.5, 0.6) is 5.75 Å². The van der Waals surface area contributed by atoms with Crippen molar-refractivity contribution in [3.63, 3.8) is 0 Å². The molecule has 1 atom stereocenters. The number of ether oxygens (including phenoxy) is 2. The molecule has 3 rings (SSSR count). The van der Waals surface area contributed by atoms with Gasteiger partial charge >= 0.3 is 5.97 Å². The van der Waals surface area contributed by atoms with Crippen LogP contribution in [0.4, 0.5) is 10.7 Å². The minimum absolute atomic E-state index is 0.117. The molecular formula is C19H19N3O6S. The molecule has 0 radical (unpaired) electrons. The van der Waals surface area contributed by atoms with Gasteiger partial charge in [0.25, 0.3) is 11.8 Å². The third kappa shape index (κ3) is 4.72. The molecule has 0 fully saturated rings. The summed E-state index contributed by atoms with van der Waals surface area (Å²) in [5.41, 5.74) is 5.88. The van der Waals surface area contributed by atoms with Crippen LogP contribution in [0.2, 0.25) is 0 Å². The summed E-state index contributed by atoms with van der Waals surface area (Å²) in [5.74, 6) is -1.83. The second kappa shape index (κ2) is 8.74. The minimum atomic E-state index is -1.14. The molecule has 10 heteroatoms. The van der Waals surface area contributed by atoms with E-state index >= 15 is 0 Å². The molecule has 2 heterocycles. The first-order valence-electron chi connectivity index (χ1n) is 8.76. The molecule has 152 valence electrons. The normalized spacial score (nSPS) is 14.2. The summed E-state index contributed by atoms with van der Waals surface area (Å²) in [6.07, 6.45) is -1.02. The van der Waals surface area contributed by atoms with Gasteiger partial charge in [-0.25, -0.2) is 0 Å². The van der Waals surface area contributed by atoms with E-state index in [2.05, 4.69) is 5.32 Å². The maximum Gasteiger partial charge on any atom is 0.326 e. The van der Waals surface area contributed by atoms with Crippen LogP contribution >= 0.6 is 11.3 Å². The summed E-state index contributed by atoms with van der Waals surface area (Å²) in [6.45, 7) is 1.25. The Bertz CT molecular complexity index is 957. The van der Waals surface area contributed by atoms with Crippen molar-refractivity contribution in [3.8, 4) is 5.75 Å². The van der Waals surface area contributed by atoms with Gasteiger partial charge in [-0.15, -0.1) is 11.3 Å². The van der Waals surface area contributed by atoms with Crippen molar-refractivity contribution < 1.29 is 28.7 Å². The number of benzene rings is 1. The van der Waals surface area contributed by atoms with E-state index in [4.69, 9.17) is 15.2 Å². The summed E-state index contributed by atoms with van der Waals surface area (Å²) in [6, 6.07) is 8.36. The van der Waals surface area contributed by atoms with E-state index in [1.54, 1.807) is 29.6 Å². The Morgan fingerprint density at radius 1 is 1.31 bits per heavy atom. The SMILES string of the molecule is C[C@@H](OC(=O)CN1C(=O)CCOc2ccccc21)C(=O)Nc1sccc1C(N)=O. The molecule has 1 aromatic heterocycles. The summed E-state index contributed by atoms with van der Waals surface area (Å²) in [7, 11) is 0. The minimum Gasteiger partial charge on any atom is -0.491 e. The third-order valence-electron chi connectivity index (χ3n) is 4.16. The summed E-state index contributed by atoms with van der Waals surface area (Å²) in [4.78, 5) is 49.6. The molecule has 1 aliphatic heterocycles. The monoisotopic (exact) mass is 417 g/mol. The van der Waals surface area contributed by atoms with Crippen LogP contribution < -0.4 is 20.7 Å². The molecule has 0 saturated heterocycles. The highest BCUT2D eigenvalue weighted by Crippen LogP contribution is 2.31. The molecule has 0 bridgehead atoms. The lowest BCUT2D eigenvalue weighted by atomic mass is 10.2. The number of amides is 3. The van der Waals surface area contributed by atoms with Gasteiger partial charge in [0.1, 0.15) is 17.3 Å². The van der Waals surface area contributed by atoms with Crippen molar-refractivity contribution in [1.82, 2.24) is 0 Å². The van der Waals surface area contributed by atoms with E-state index in [0.29, 0.717) is 11.4 Å². The van der Waals surface area contributed by atoms with Crippen molar-refractivity contribution in [2.24, 2.45) is 5.73 Å². The Morgan fingerprint density at radius 3 is 2.83 bits per heavy atom. The number of thiophene rings is 1. The number of rotatable bonds is 6. The average molecular weight is 417 g/mol. The van der Waals surface area contributed by atoms with Gasteiger partial charge < -0.3 is 20.5 Å². The molecule has 0 saturated carbocycles. The van der Waals surface area contributed by atoms with Crippen molar-refractivity contribution in [2.75, 3.05) is 23.4 Å². The van der Waals surface area contributed by atoms with E-state index < -0.39 is 23.9 Å². The fourth-order valence-electron chi connectivity index (χ4n) is 2.72. The summed E-state index contributed by atoms with van der Waals surface area (Å²) >= 11 is 1.13. The highest BCUT2D eigenvalue weighted by molar-refractivity contribution is 7.14. The summed E-state index contributed by atoms with van der Waals surface area (Å²) in [5, 5.41) is 4.40. The van der Waals surface area contributed by atoms with Crippen molar-refractivity contribution in [2.45, 2.75) is 19.4 Å². The zero-order valence-electron chi connectivity index (χ0n) is 15.5. The largest absolute Gasteiger partial charge is 0.491 e. The zero-order chi connectivity index (χ0) is 21.0. The van der Waals surface area contributed by atoms with E-state index in [1.165, 1.54) is 17.9 Å². The number of carbonyl (C=O) groups excluding carboxylic acids is 4. The van der Waals surface area contributed by atoms with E-state index in [-0.39, 0.29) is 36.0 Å². The molecular weight excluding hydrogens is 398 g/mol. The number of hydrogen-bond donors (Lipinski definition) is 2. The Morgan fingerprint density at radius 2 is 2.07 bits per heavy atom. The molecule has 29 heavy (non-hydrogen) atoms. The molecule has 3 N–H and O–H groups in total. The first kappa shape index (κ1) is 20.3. The maximum absolute atomic E-state index is 12.4. The highest BCUT2D eigenvalue weighted by Gasteiger charge is 2.27. The number of nitrogens with zero attached hydrogens (tertiary/aromatic N) is 1. The number of anilines is 2. The van der Waals surface area contributed by atoms with Crippen LogP contribution in [0.1, 0.15) is 23.7 Å². The van der Waals surface area contributed by atoms with Crippen LogP contribution in [-0.2, 0) is 19.1 Å². The molecule has 9 nitrogen and oxygen atoms in total. The maximum atomic E-state index is 12.4. The van der Waals surface area contributed by atoms with Crippen LogP contribution in [0.15, 0.2) is 35.7 Å². The second-order valence-electron chi connectivity index (χ2n) is 6.20. The fourth-order valence-corrected chi connectivity index (χ4v) is 3.52. The van der Waals surface area contributed by atoms with Gasteiger partial charge in [-0.1, -0.05) is 12.1 Å². The van der Waals surface area contributed by atoms with Crippen molar-refractivity contribution >= 4 is 45.7 Å². The van der Waals surface area contributed by atoms with E-state index in [0.717, 1.165) is 11.3 Å². The third-order valence-corrected chi connectivity index (χ3v) is 4.99. The molecule has 0 aliphatic carbocycles. The van der Waals surface area contributed by atoms with Crippen LogP contribution in [0.3, 0.4) is 0 Å². The number of carbonyl (C=O) groups is 4. The Balaban J connectivity index is 1.64. The predicted molar refractivity (Wildman–Crippen MR) is 106 cm³/mol. The summed E-state index contributed by atoms with van der Waals surface area (Å²) < 4.78 is 10.7. The Labute approximate surface area is 170 Å². The second-order valence-corrected chi connectivity index (χ2v) is 7.11. The standard InChI is InChI=1S/C19H19N3O6S/c1-11(18(26)21-19-12(17(20)25)7-9-29-19)28-16(24)10-22-13-4-2-3-5-14(13)27-8-6-15(22)23/h2-5,7,9,11H,6,8,10H2,1H3,(H2,20,25)(H,21,26)/t11-/m1/s1. The smallest absolute Gasteiger partial charge is 0.326 e. The number of esters is 1. The van der Waals surface area contributed by atoms with Crippen LogP contribution in [0.25, 0.3) is 0 Å². The van der Waals surface area contributed by atoms with Crippen molar-refractivity contribution in [3.05, 3.63) is 41.3 Å². The van der Waals surface area contributed by atoms with Gasteiger partial charge in [0.15, 0.2) is 6.10 Å². The molecule has 1 aliphatic rings. The number of nitrogens with one attached hydrogen (secondary N) is 1. The number of primary amides is 1. The Hall–Kier alpha value is -3.40. The molecule has 2 aromatic rings. The number of nitrogens with two attached hydrogens (primary N) is 1. The van der Waals surface area contributed by atoms with E-state index in [1.807, 2.05) is 0 Å². The van der Waals surface area contributed by atoms with Gasteiger partial charge in [-0.05, 0) is 30.5 Å². The topological polar surface area (TPSA) is 128 Å². The van der Waals surface area contributed by atoms with Gasteiger partial charge in [-0.2, -0.15) is 0 Å². The molecule has 0 unspecified atom stereocenters. The molecule has 0 spiro atoms. The number of hydrogen-bond acceptors (Lipinski definition) is 7. The Kier molecular flexibility index (Phi) is 6.13. The molecule has 1 aromatic carbocycles. The zero-order valence-corrected chi connectivity index (χ0v) is 16.4. The van der Waals surface area contributed by atoms with Gasteiger partial charge in [0, 0.05) is 0 Å². The van der Waals surface area contributed by atoms with Crippen LogP contribution in [-0.4, -0.2) is 42.9 Å². The predicted octanol–water partition coefficient (Wildman–Crippen LogP) is 1.53. The van der Waals surface area contributed by atoms with E-state index in [9.17, 15) is 19.2 Å². The van der Waals surface area contributed by atoms with Gasteiger partial charge in [-0.3, -0.25) is 24.1 Å². The molecule has 3 amide bonds. The van der Waals surface area contributed by atoms with Gasteiger partial charge in [0.05, 0.1) is 24.3 Å². The number of fused-ring (bicyclic) bond motifs is 1. The first-order chi connectivity index (χ1) is 13.9. The number of para-hydroxylation sites is 2. The van der Waals surface area contributed by atoms with Gasteiger partial charge in [0.2, 0.25) is 5.91 Å². The lowest BCUT2D eigenvalue weighted by Gasteiger charge is -2.22. The highest BCUT2D eigenvalue weighted by atomic mass is 32.1. The van der Waals surface area contributed by atoms with Crippen molar-refractivity contribution in [1.29, 1.82) is 0 Å². The lowest BCUT2D eigenvalue weighted by Crippen LogP contribution is -2.39. The quantitative estimate of drug-likeness (QED) is 0.686. The first-order valence-corrected chi connectivity index (χ1v) is 9.64. The van der Waals surface area contributed by atoms with Crippen LogP contribution in [0, 0.1) is 0 Å². The fraction of sp³-hybridized carbons (Fsp3) is 0.263. The lowest BCUT2D eigenvalue weighted by molar-refractivity contribution is -0.152.